The Kier molecular flexibility index (Phi) is 3.31. The van der Waals surface area contributed by atoms with Crippen molar-refractivity contribution in [3.8, 4) is 0 Å². The van der Waals surface area contributed by atoms with Gasteiger partial charge in [-0.05, 0) is 13.8 Å². The van der Waals surface area contributed by atoms with E-state index in [2.05, 4.69) is 4.74 Å². The summed E-state index contributed by atoms with van der Waals surface area (Å²) in [5.74, 6) is -2.65. The molecule has 0 aromatic carbocycles. The molecule has 1 rings (SSSR count). The van der Waals surface area contributed by atoms with E-state index in [0.717, 1.165) is 4.90 Å². The molecule has 0 saturated carbocycles. The molecule has 0 saturated heterocycles. The van der Waals surface area contributed by atoms with Crippen molar-refractivity contribution in [1.82, 2.24) is 4.90 Å². The highest BCUT2D eigenvalue weighted by molar-refractivity contribution is 6.22. The van der Waals surface area contributed by atoms with Crippen LogP contribution in [0.15, 0.2) is 11.3 Å². The second-order valence-electron chi connectivity index (χ2n) is 3.35. The van der Waals surface area contributed by atoms with E-state index in [1.165, 1.54) is 13.8 Å². The Morgan fingerprint density at radius 1 is 1.50 bits per heavy atom. The fourth-order valence-corrected chi connectivity index (χ4v) is 1.55. The minimum absolute atomic E-state index is 0.0946. The third-order valence-corrected chi connectivity index (χ3v) is 2.29. The molecule has 0 radical (unpaired) electrons. The van der Waals surface area contributed by atoms with E-state index in [1.54, 1.807) is 6.92 Å². The van der Waals surface area contributed by atoms with E-state index in [1.807, 2.05) is 0 Å². The van der Waals surface area contributed by atoms with Crippen molar-refractivity contribution in [1.29, 1.82) is 0 Å². The van der Waals surface area contributed by atoms with Crippen molar-refractivity contribution in [3.05, 3.63) is 11.3 Å². The summed E-state index contributed by atoms with van der Waals surface area (Å²) in [6.07, 6.45) is 0. The maximum absolute atomic E-state index is 11.7. The lowest BCUT2D eigenvalue weighted by atomic mass is 10.2. The maximum atomic E-state index is 11.7. The highest BCUT2D eigenvalue weighted by Crippen LogP contribution is 2.24. The van der Waals surface area contributed by atoms with Gasteiger partial charge in [-0.25, -0.2) is 4.79 Å². The molecule has 1 atom stereocenters. The fraction of sp³-hybridized carbons (Fsp3) is 0.500. The van der Waals surface area contributed by atoms with Crippen LogP contribution in [0.2, 0.25) is 0 Å². The molecule has 0 aromatic heterocycles. The maximum Gasteiger partial charge on any atom is 0.347 e. The van der Waals surface area contributed by atoms with Gasteiger partial charge in [-0.3, -0.25) is 14.5 Å². The molecule has 6 nitrogen and oxygen atoms in total. The number of esters is 1. The number of carbonyl (C=O) groups is 3. The van der Waals surface area contributed by atoms with Gasteiger partial charge in [0.2, 0.25) is 5.91 Å². The molecule has 16 heavy (non-hydrogen) atoms. The van der Waals surface area contributed by atoms with Crippen molar-refractivity contribution < 1.29 is 24.2 Å². The fourth-order valence-electron chi connectivity index (χ4n) is 1.55. The highest BCUT2D eigenvalue weighted by Gasteiger charge is 2.43. The first-order valence-electron chi connectivity index (χ1n) is 4.86. The number of nitrogens with zero attached hydrogens (tertiary/aromatic N) is 1. The first-order valence-corrected chi connectivity index (χ1v) is 4.86. The number of hydrogen-bond donors (Lipinski definition) is 1. The largest absolute Gasteiger partial charge is 0.509 e. The average molecular weight is 227 g/mol. The summed E-state index contributed by atoms with van der Waals surface area (Å²) in [7, 11) is 0. The molecule has 0 aromatic rings. The second kappa shape index (κ2) is 4.34. The minimum atomic E-state index is -0.902. The average Bonchev–Trinajstić information content (AvgIpc) is 2.38. The number of aliphatic hydroxyl groups excluding tert-OH is 1. The van der Waals surface area contributed by atoms with E-state index in [0.29, 0.717) is 0 Å². The molecule has 1 heterocycles. The van der Waals surface area contributed by atoms with Crippen LogP contribution in [-0.2, 0) is 19.1 Å². The lowest BCUT2D eigenvalue weighted by Gasteiger charge is -2.17. The zero-order valence-electron chi connectivity index (χ0n) is 9.31. The molecule has 0 aliphatic carbocycles. The Hall–Kier alpha value is -1.85. The van der Waals surface area contributed by atoms with Crippen LogP contribution < -0.4 is 0 Å². The van der Waals surface area contributed by atoms with Gasteiger partial charge in [-0.1, -0.05) is 0 Å². The lowest BCUT2D eigenvalue weighted by Crippen LogP contribution is -2.38. The Balaban J connectivity index is 3.06. The van der Waals surface area contributed by atoms with E-state index in [9.17, 15) is 19.5 Å². The summed E-state index contributed by atoms with van der Waals surface area (Å²) in [6, 6.07) is -0.815. The number of aliphatic hydroxyl groups is 1. The number of rotatable bonds is 2. The van der Waals surface area contributed by atoms with Crippen LogP contribution in [0.1, 0.15) is 20.8 Å². The van der Waals surface area contributed by atoms with Gasteiger partial charge in [0, 0.05) is 6.92 Å². The molecule has 1 aliphatic rings. The van der Waals surface area contributed by atoms with Crippen molar-refractivity contribution in [3.63, 3.8) is 0 Å². The second-order valence-corrected chi connectivity index (χ2v) is 3.35. The quantitative estimate of drug-likeness (QED) is 0.535. The monoisotopic (exact) mass is 227 g/mol. The first-order chi connectivity index (χ1) is 7.41. The smallest absolute Gasteiger partial charge is 0.347 e. The van der Waals surface area contributed by atoms with Gasteiger partial charge in [0.25, 0.3) is 5.91 Å². The van der Waals surface area contributed by atoms with E-state index < -0.39 is 35.2 Å². The predicted octanol–water partition coefficient (Wildman–Crippen LogP) is 0.139. The van der Waals surface area contributed by atoms with Crippen LogP contribution in [0.4, 0.5) is 0 Å². The molecule has 0 spiro atoms. The Labute approximate surface area is 92.5 Å². The van der Waals surface area contributed by atoms with E-state index >= 15 is 0 Å². The minimum Gasteiger partial charge on any atom is -0.509 e. The van der Waals surface area contributed by atoms with Crippen molar-refractivity contribution in [2.24, 2.45) is 0 Å². The summed E-state index contributed by atoms with van der Waals surface area (Å²) in [4.78, 5) is 35.0. The normalized spacial score (nSPS) is 20.3. The topological polar surface area (TPSA) is 83.9 Å². The molecule has 88 valence electrons. The van der Waals surface area contributed by atoms with E-state index in [-0.39, 0.29) is 6.61 Å². The number of hydrogen-bond acceptors (Lipinski definition) is 5. The molecule has 0 bridgehead atoms. The number of ether oxygens (including phenoxy) is 1. The van der Waals surface area contributed by atoms with Gasteiger partial charge < -0.3 is 9.84 Å². The standard InChI is InChI=1S/C10H13NO5/c1-4-16-10(15)7-8(13)5(2)11(6(3)12)9(7)14/h5,13H,4H2,1-3H3/t5-/m0/s1. The third kappa shape index (κ3) is 1.78. The molecule has 6 heteroatoms. The Morgan fingerprint density at radius 3 is 2.44 bits per heavy atom. The molecule has 0 unspecified atom stereocenters. The summed E-state index contributed by atoms with van der Waals surface area (Å²) >= 11 is 0. The predicted molar refractivity (Wildman–Crippen MR) is 53.3 cm³/mol. The number of amides is 2. The first kappa shape index (κ1) is 12.2. The van der Waals surface area contributed by atoms with Crippen molar-refractivity contribution >= 4 is 17.8 Å². The summed E-state index contributed by atoms with van der Waals surface area (Å²) in [5, 5.41) is 9.61. The molecule has 0 fully saturated rings. The lowest BCUT2D eigenvalue weighted by molar-refractivity contribution is -0.144. The highest BCUT2D eigenvalue weighted by atomic mass is 16.5. The van der Waals surface area contributed by atoms with Crippen LogP contribution in [0.3, 0.4) is 0 Å². The molecule has 1 aliphatic heterocycles. The molecular formula is C10H13NO5. The SMILES string of the molecule is CCOC(=O)C1=C(O)[C@H](C)N(C(C)=O)C1=O. The summed E-state index contributed by atoms with van der Waals surface area (Å²) < 4.78 is 4.63. The third-order valence-electron chi connectivity index (χ3n) is 2.29. The number of carbonyl (C=O) groups excluding carboxylic acids is 3. The van der Waals surface area contributed by atoms with Gasteiger partial charge in [0.15, 0.2) is 5.57 Å². The molecular weight excluding hydrogens is 214 g/mol. The Bertz CT molecular complexity index is 385. The van der Waals surface area contributed by atoms with Gasteiger partial charge >= 0.3 is 5.97 Å². The van der Waals surface area contributed by atoms with Crippen molar-refractivity contribution in [2.45, 2.75) is 26.8 Å². The molecule has 2 amide bonds. The molecule has 1 N–H and O–H groups in total. The Morgan fingerprint density at radius 2 is 2.06 bits per heavy atom. The summed E-state index contributed by atoms with van der Waals surface area (Å²) in [5.41, 5.74) is -0.454. The zero-order chi connectivity index (χ0) is 12.5. The van der Waals surface area contributed by atoms with Crippen LogP contribution in [0.25, 0.3) is 0 Å². The van der Waals surface area contributed by atoms with E-state index in [4.69, 9.17) is 0 Å². The van der Waals surface area contributed by atoms with Crippen LogP contribution in [-0.4, -0.2) is 40.4 Å². The van der Waals surface area contributed by atoms with Gasteiger partial charge in [0.05, 0.1) is 12.6 Å². The van der Waals surface area contributed by atoms with Gasteiger partial charge in [-0.15, -0.1) is 0 Å². The zero-order valence-corrected chi connectivity index (χ0v) is 9.31. The van der Waals surface area contributed by atoms with Crippen LogP contribution in [0.5, 0.6) is 0 Å². The van der Waals surface area contributed by atoms with Crippen LogP contribution >= 0.6 is 0 Å². The summed E-state index contributed by atoms with van der Waals surface area (Å²) in [6.45, 7) is 4.33. The van der Waals surface area contributed by atoms with Gasteiger partial charge in [0.1, 0.15) is 5.76 Å². The number of imide groups is 1. The van der Waals surface area contributed by atoms with Crippen molar-refractivity contribution in [2.75, 3.05) is 6.61 Å². The van der Waals surface area contributed by atoms with Gasteiger partial charge in [-0.2, -0.15) is 0 Å². The van der Waals surface area contributed by atoms with Crippen LogP contribution in [0, 0.1) is 0 Å².